The van der Waals surface area contributed by atoms with Crippen LogP contribution in [0.5, 0.6) is 5.88 Å². The van der Waals surface area contributed by atoms with Gasteiger partial charge in [-0.2, -0.15) is 13.2 Å². The molecule has 0 aliphatic rings. The molecule has 0 aliphatic heterocycles. The van der Waals surface area contributed by atoms with Gasteiger partial charge in [-0.15, -0.1) is 0 Å². The predicted molar refractivity (Wildman–Crippen MR) is 78.7 cm³/mol. The summed E-state index contributed by atoms with van der Waals surface area (Å²) in [4.78, 5) is 6.81. The smallest absolute Gasteiger partial charge is 0.416 e. The number of alkyl halides is 3. The lowest BCUT2D eigenvalue weighted by Gasteiger charge is -2.06. The van der Waals surface area contributed by atoms with Gasteiger partial charge in [-0.25, -0.2) is 0 Å². The number of rotatable bonds is 2. The van der Waals surface area contributed by atoms with Crippen LogP contribution in [0.15, 0.2) is 53.5 Å². The second-order valence-electron chi connectivity index (χ2n) is 4.74. The van der Waals surface area contributed by atoms with Gasteiger partial charge in [0.25, 0.3) is 0 Å². The third-order valence-corrected chi connectivity index (χ3v) is 3.24. The van der Waals surface area contributed by atoms with Gasteiger partial charge in [0, 0.05) is 17.1 Å². The van der Waals surface area contributed by atoms with Crippen molar-refractivity contribution in [3.63, 3.8) is 0 Å². The third-order valence-electron chi connectivity index (χ3n) is 3.24. The fraction of sp³-hybridized carbons (Fsp3) is 0.0625. The number of hydrogen-bond donors (Lipinski definition) is 2. The van der Waals surface area contributed by atoms with E-state index >= 15 is 0 Å². The highest BCUT2D eigenvalue weighted by atomic mass is 19.4. The number of aromatic amines is 1. The van der Waals surface area contributed by atoms with Gasteiger partial charge >= 0.3 is 6.18 Å². The summed E-state index contributed by atoms with van der Waals surface area (Å²) in [7, 11) is 0. The summed E-state index contributed by atoms with van der Waals surface area (Å²) in [5.41, 5.74) is 0.573. The summed E-state index contributed by atoms with van der Waals surface area (Å²) in [5.74, 6) is -0.0723. The van der Waals surface area contributed by atoms with Gasteiger partial charge in [-0.1, -0.05) is 24.3 Å². The fourth-order valence-corrected chi connectivity index (χ4v) is 2.18. The molecule has 0 saturated carbocycles. The molecule has 1 heterocycles. The minimum Gasteiger partial charge on any atom is -0.494 e. The van der Waals surface area contributed by atoms with Crippen LogP contribution in [-0.2, 0) is 6.18 Å². The molecular weight excluding hydrogens is 293 g/mol. The number of fused-ring (bicyclic) bond motifs is 1. The van der Waals surface area contributed by atoms with Crippen LogP contribution in [0.1, 0.15) is 11.1 Å². The molecule has 3 nitrogen and oxygen atoms in total. The number of H-pyrrole nitrogens is 1. The number of benzene rings is 2. The molecule has 3 rings (SSSR count). The van der Waals surface area contributed by atoms with E-state index in [-0.39, 0.29) is 11.6 Å². The first-order valence-corrected chi connectivity index (χ1v) is 6.46. The molecule has 22 heavy (non-hydrogen) atoms. The maximum Gasteiger partial charge on any atom is 0.416 e. The molecule has 0 spiro atoms. The van der Waals surface area contributed by atoms with E-state index in [1.807, 2.05) is 6.07 Å². The van der Waals surface area contributed by atoms with Crippen LogP contribution in [0.2, 0.25) is 0 Å². The largest absolute Gasteiger partial charge is 0.494 e. The molecule has 0 saturated heterocycles. The van der Waals surface area contributed by atoms with Gasteiger partial charge in [0.2, 0.25) is 0 Å². The lowest BCUT2D eigenvalue weighted by atomic mass is 10.2. The molecule has 2 aromatic carbocycles. The van der Waals surface area contributed by atoms with Crippen LogP contribution in [0.4, 0.5) is 18.9 Å². The van der Waals surface area contributed by atoms with Crippen LogP contribution in [0.25, 0.3) is 10.9 Å². The lowest BCUT2D eigenvalue weighted by Crippen LogP contribution is -2.03. The molecule has 112 valence electrons. The van der Waals surface area contributed by atoms with Crippen molar-refractivity contribution in [2.45, 2.75) is 6.18 Å². The fourth-order valence-electron chi connectivity index (χ4n) is 2.18. The number of nitrogens with zero attached hydrogens (tertiary/aromatic N) is 1. The number of para-hydroxylation sites is 1. The topological polar surface area (TPSA) is 48.4 Å². The molecule has 0 aliphatic carbocycles. The summed E-state index contributed by atoms with van der Waals surface area (Å²) >= 11 is 0. The minimum atomic E-state index is -4.41. The highest BCUT2D eigenvalue weighted by Crippen LogP contribution is 2.32. The van der Waals surface area contributed by atoms with E-state index in [1.165, 1.54) is 18.3 Å². The Labute approximate surface area is 123 Å². The summed E-state index contributed by atoms with van der Waals surface area (Å²) in [6.07, 6.45) is -3.06. The Bertz CT molecular complexity index is 850. The van der Waals surface area contributed by atoms with E-state index in [9.17, 15) is 18.3 Å². The van der Waals surface area contributed by atoms with E-state index in [4.69, 9.17) is 0 Å². The third kappa shape index (κ3) is 2.67. The van der Waals surface area contributed by atoms with E-state index in [0.29, 0.717) is 5.56 Å². The molecule has 0 unspecified atom stereocenters. The van der Waals surface area contributed by atoms with Crippen molar-refractivity contribution in [2.75, 3.05) is 0 Å². The van der Waals surface area contributed by atoms with Crippen molar-refractivity contribution in [1.82, 2.24) is 4.98 Å². The van der Waals surface area contributed by atoms with Crippen LogP contribution in [0.3, 0.4) is 0 Å². The Morgan fingerprint density at radius 2 is 1.82 bits per heavy atom. The Hall–Kier alpha value is -2.76. The monoisotopic (exact) mass is 304 g/mol. The molecule has 2 N–H and O–H groups in total. The van der Waals surface area contributed by atoms with Crippen LogP contribution in [-0.4, -0.2) is 16.3 Å². The van der Waals surface area contributed by atoms with E-state index in [1.54, 1.807) is 18.2 Å². The zero-order valence-electron chi connectivity index (χ0n) is 11.2. The average Bonchev–Trinajstić information content (AvgIpc) is 2.80. The summed E-state index contributed by atoms with van der Waals surface area (Å²) < 4.78 is 38.0. The van der Waals surface area contributed by atoms with Gasteiger partial charge < -0.3 is 10.1 Å². The van der Waals surface area contributed by atoms with Gasteiger partial charge in [-0.3, -0.25) is 4.99 Å². The average molecular weight is 304 g/mol. The Kier molecular flexibility index (Phi) is 3.36. The zero-order valence-corrected chi connectivity index (χ0v) is 11.2. The van der Waals surface area contributed by atoms with E-state index in [2.05, 4.69) is 9.98 Å². The predicted octanol–water partition coefficient (Wildman–Crippen LogP) is 4.64. The van der Waals surface area contributed by atoms with Gasteiger partial charge in [-0.05, 0) is 24.3 Å². The van der Waals surface area contributed by atoms with Crippen molar-refractivity contribution in [3.05, 3.63) is 59.7 Å². The molecule has 6 heteroatoms. The minimum absolute atomic E-state index is 0.0723. The second-order valence-corrected chi connectivity index (χ2v) is 4.74. The van der Waals surface area contributed by atoms with Crippen molar-refractivity contribution in [3.8, 4) is 5.88 Å². The quantitative estimate of drug-likeness (QED) is 0.666. The number of halogens is 3. The van der Waals surface area contributed by atoms with Crippen LogP contribution < -0.4 is 0 Å². The van der Waals surface area contributed by atoms with Crippen molar-refractivity contribution in [2.24, 2.45) is 4.99 Å². The maximum atomic E-state index is 12.7. The lowest BCUT2D eigenvalue weighted by molar-refractivity contribution is -0.137. The van der Waals surface area contributed by atoms with E-state index < -0.39 is 11.7 Å². The van der Waals surface area contributed by atoms with Crippen molar-refractivity contribution < 1.29 is 18.3 Å². The molecular formula is C16H11F3N2O. The first kappa shape index (κ1) is 14.2. The maximum absolute atomic E-state index is 12.7. The van der Waals surface area contributed by atoms with Gasteiger partial charge in [0.15, 0.2) is 5.88 Å². The Balaban J connectivity index is 1.98. The molecule has 3 aromatic rings. The molecule has 0 fully saturated rings. The number of aliphatic imine (C=N–C) groups is 1. The molecule has 0 atom stereocenters. The Morgan fingerprint density at radius 1 is 1.05 bits per heavy atom. The molecule has 0 radical (unpaired) electrons. The van der Waals surface area contributed by atoms with Crippen molar-refractivity contribution >= 4 is 22.8 Å². The normalized spacial score (nSPS) is 12.3. The Morgan fingerprint density at radius 3 is 2.59 bits per heavy atom. The SMILES string of the molecule is Oc1[nH]c2ccccc2c1C=Nc1cccc(C(F)(F)F)c1. The summed E-state index contributed by atoms with van der Waals surface area (Å²) in [5, 5.41) is 10.6. The van der Waals surface area contributed by atoms with Gasteiger partial charge in [0.1, 0.15) is 0 Å². The summed E-state index contributed by atoms with van der Waals surface area (Å²) in [6, 6.07) is 11.9. The number of nitrogens with one attached hydrogen (secondary N) is 1. The van der Waals surface area contributed by atoms with Gasteiger partial charge in [0.05, 0.1) is 16.8 Å². The zero-order chi connectivity index (χ0) is 15.7. The standard InChI is InChI=1S/C16H11F3N2O/c17-16(18,19)10-4-3-5-11(8-10)20-9-13-12-6-1-2-7-14(12)21-15(13)22/h1-9,21-22H. The van der Waals surface area contributed by atoms with Crippen molar-refractivity contribution in [1.29, 1.82) is 0 Å². The van der Waals surface area contributed by atoms with E-state index in [0.717, 1.165) is 23.0 Å². The van der Waals surface area contributed by atoms with Crippen LogP contribution >= 0.6 is 0 Å². The second kappa shape index (κ2) is 5.22. The molecule has 0 amide bonds. The highest BCUT2D eigenvalue weighted by Gasteiger charge is 2.30. The molecule has 1 aromatic heterocycles. The molecule has 0 bridgehead atoms. The number of aromatic hydroxyl groups is 1. The first-order valence-electron chi connectivity index (χ1n) is 6.46. The summed E-state index contributed by atoms with van der Waals surface area (Å²) in [6.45, 7) is 0. The highest BCUT2D eigenvalue weighted by molar-refractivity contribution is 6.02. The number of aromatic nitrogens is 1. The first-order chi connectivity index (χ1) is 10.4. The van der Waals surface area contributed by atoms with Crippen LogP contribution in [0, 0.1) is 0 Å². The number of hydrogen-bond acceptors (Lipinski definition) is 2.